The molecule has 1 aromatic carbocycles. The summed E-state index contributed by atoms with van der Waals surface area (Å²) >= 11 is 0. The molecule has 1 saturated heterocycles. The Bertz CT molecular complexity index is 315. The molecule has 2 N–H and O–H groups in total. The van der Waals surface area contributed by atoms with Crippen molar-refractivity contribution in [3.05, 3.63) is 35.9 Å². The quantitative estimate of drug-likeness (QED) is 0.792. The number of nitrogens with zero attached hydrogens (tertiary/aromatic N) is 1. The van der Waals surface area contributed by atoms with Gasteiger partial charge >= 0.3 is 0 Å². The van der Waals surface area contributed by atoms with E-state index in [1.165, 1.54) is 5.56 Å². The van der Waals surface area contributed by atoms with Crippen molar-refractivity contribution in [2.24, 2.45) is 0 Å². The van der Waals surface area contributed by atoms with Crippen LogP contribution in [0.4, 0.5) is 0 Å². The molecular formula is C13H20N2O. The highest BCUT2D eigenvalue weighted by atomic mass is 16.3. The third-order valence-corrected chi connectivity index (χ3v) is 3.26. The molecule has 1 aliphatic rings. The van der Waals surface area contributed by atoms with Gasteiger partial charge in [0.2, 0.25) is 0 Å². The average molecular weight is 220 g/mol. The van der Waals surface area contributed by atoms with Crippen LogP contribution in [0.15, 0.2) is 30.3 Å². The van der Waals surface area contributed by atoms with E-state index in [-0.39, 0.29) is 12.1 Å². The Balaban J connectivity index is 1.94. The molecule has 1 aliphatic heterocycles. The summed E-state index contributed by atoms with van der Waals surface area (Å²) in [6.45, 7) is 2.70. The SMILES string of the molecule is CN(Cc1ccccc1)C1CNCCC1O. The number of nitrogens with one attached hydrogen (secondary N) is 1. The Morgan fingerprint density at radius 2 is 2.12 bits per heavy atom. The molecule has 0 bridgehead atoms. The molecule has 0 spiro atoms. The Labute approximate surface area is 97.1 Å². The van der Waals surface area contributed by atoms with Gasteiger partial charge in [0.15, 0.2) is 0 Å². The summed E-state index contributed by atoms with van der Waals surface area (Å²) in [4.78, 5) is 2.23. The van der Waals surface area contributed by atoms with Gasteiger partial charge in [0.1, 0.15) is 0 Å². The zero-order chi connectivity index (χ0) is 11.4. The van der Waals surface area contributed by atoms with Gasteiger partial charge in [-0.3, -0.25) is 4.90 Å². The van der Waals surface area contributed by atoms with Gasteiger partial charge in [-0.05, 0) is 25.6 Å². The van der Waals surface area contributed by atoms with Crippen molar-refractivity contribution in [2.45, 2.75) is 25.1 Å². The van der Waals surface area contributed by atoms with Crippen molar-refractivity contribution in [3.8, 4) is 0 Å². The highest BCUT2D eigenvalue weighted by Crippen LogP contribution is 2.12. The molecule has 0 radical (unpaired) electrons. The summed E-state index contributed by atoms with van der Waals surface area (Å²) in [7, 11) is 2.08. The highest BCUT2D eigenvalue weighted by Gasteiger charge is 2.26. The number of aliphatic hydroxyl groups excluding tert-OH is 1. The first kappa shape index (κ1) is 11.6. The summed E-state index contributed by atoms with van der Waals surface area (Å²) in [6.07, 6.45) is 0.652. The monoisotopic (exact) mass is 220 g/mol. The second kappa shape index (κ2) is 5.43. The van der Waals surface area contributed by atoms with Crippen molar-refractivity contribution < 1.29 is 5.11 Å². The zero-order valence-corrected chi connectivity index (χ0v) is 9.76. The Hall–Kier alpha value is -0.900. The third kappa shape index (κ3) is 2.82. The van der Waals surface area contributed by atoms with Gasteiger partial charge in [-0.1, -0.05) is 30.3 Å². The molecule has 2 unspecified atom stereocenters. The molecule has 0 aliphatic carbocycles. The maximum absolute atomic E-state index is 9.94. The summed E-state index contributed by atoms with van der Waals surface area (Å²) in [5.41, 5.74) is 1.29. The van der Waals surface area contributed by atoms with E-state index in [4.69, 9.17) is 0 Å². The highest BCUT2D eigenvalue weighted by molar-refractivity contribution is 5.14. The Morgan fingerprint density at radius 3 is 2.81 bits per heavy atom. The van der Waals surface area contributed by atoms with E-state index in [9.17, 15) is 5.11 Å². The van der Waals surface area contributed by atoms with Crippen molar-refractivity contribution in [2.75, 3.05) is 20.1 Å². The van der Waals surface area contributed by atoms with Crippen LogP contribution in [0.2, 0.25) is 0 Å². The number of benzene rings is 1. The van der Waals surface area contributed by atoms with E-state index in [0.717, 1.165) is 26.1 Å². The topological polar surface area (TPSA) is 35.5 Å². The van der Waals surface area contributed by atoms with Gasteiger partial charge in [-0.15, -0.1) is 0 Å². The lowest BCUT2D eigenvalue weighted by Gasteiger charge is -2.35. The molecule has 3 heteroatoms. The molecule has 2 atom stereocenters. The lowest BCUT2D eigenvalue weighted by Crippen LogP contribution is -2.52. The maximum Gasteiger partial charge on any atom is 0.0719 e. The van der Waals surface area contributed by atoms with E-state index in [1.807, 2.05) is 6.07 Å². The number of aliphatic hydroxyl groups is 1. The molecule has 3 nitrogen and oxygen atoms in total. The first-order valence-corrected chi connectivity index (χ1v) is 5.90. The number of likely N-dealkylation sites (N-methyl/N-ethyl adjacent to an activating group) is 1. The predicted molar refractivity (Wildman–Crippen MR) is 65.2 cm³/mol. The first-order valence-electron chi connectivity index (χ1n) is 5.90. The molecule has 88 valence electrons. The molecule has 0 saturated carbocycles. The molecule has 0 aromatic heterocycles. The fraction of sp³-hybridized carbons (Fsp3) is 0.538. The van der Waals surface area contributed by atoms with E-state index >= 15 is 0 Å². The summed E-state index contributed by atoms with van der Waals surface area (Å²) in [5, 5.41) is 13.3. The van der Waals surface area contributed by atoms with Gasteiger partial charge in [-0.25, -0.2) is 0 Å². The van der Waals surface area contributed by atoms with Crippen molar-refractivity contribution in [3.63, 3.8) is 0 Å². The maximum atomic E-state index is 9.94. The van der Waals surface area contributed by atoms with E-state index < -0.39 is 0 Å². The second-order valence-corrected chi connectivity index (χ2v) is 4.53. The molecule has 1 fully saturated rings. The lowest BCUT2D eigenvalue weighted by atomic mass is 10.0. The first-order chi connectivity index (χ1) is 7.77. The number of piperidine rings is 1. The van der Waals surface area contributed by atoms with E-state index in [0.29, 0.717) is 0 Å². The molecule has 16 heavy (non-hydrogen) atoms. The van der Waals surface area contributed by atoms with Crippen molar-refractivity contribution >= 4 is 0 Å². The van der Waals surface area contributed by atoms with Crippen LogP contribution in [0.5, 0.6) is 0 Å². The van der Waals surface area contributed by atoms with Crippen molar-refractivity contribution in [1.82, 2.24) is 10.2 Å². The third-order valence-electron chi connectivity index (χ3n) is 3.26. The zero-order valence-electron chi connectivity index (χ0n) is 9.76. The Kier molecular flexibility index (Phi) is 3.93. The number of hydrogen-bond acceptors (Lipinski definition) is 3. The molecular weight excluding hydrogens is 200 g/mol. The van der Waals surface area contributed by atoms with Crippen LogP contribution in [0.3, 0.4) is 0 Å². The molecule has 1 aromatic rings. The van der Waals surface area contributed by atoms with Gasteiger partial charge < -0.3 is 10.4 Å². The normalized spacial score (nSPS) is 25.9. The fourth-order valence-electron chi connectivity index (χ4n) is 2.27. The van der Waals surface area contributed by atoms with Crippen LogP contribution in [0.1, 0.15) is 12.0 Å². The summed E-state index contributed by atoms with van der Waals surface area (Å²) in [5.74, 6) is 0. The van der Waals surface area contributed by atoms with Crippen LogP contribution in [-0.4, -0.2) is 42.3 Å². The largest absolute Gasteiger partial charge is 0.391 e. The molecule has 1 heterocycles. The second-order valence-electron chi connectivity index (χ2n) is 4.53. The summed E-state index contributed by atoms with van der Waals surface area (Å²) < 4.78 is 0. The van der Waals surface area contributed by atoms with Gasteiger partial charge in [-0.2, -0.15) is 0 Å². The number of rotatable bonds is 3. The standard InChI is InChI=1S/C13H20N2O/c1-15(10-11-5-3-2-4-6-11)12-9-14-8-7-13(12)16/h2-6,12-14,16H,7-10H2,1H3. The molecule has 0 amide bonds. The number of hydrogen-bond donors (Lipinski definition) is 2. The fourth-order valence-corrected chi connectivity index (χ4v) is 2.27. The van der Waals surface area contributed by atoms with Crippen LogP contribution < -0.4 is 5.32 Å². The smallest absolute Gasteiger partial charge is 0.0719 e. The van der Waals surface area contributed by atoms with Gasteiger partial charge in [0.05, 0.1) is 6.10 Å². The van der Waals surface area contributed by atoms with Gasteiger partial charge in [0.25, 0.3) is 0 Å². The minimum absolute atomic E-state index is 0.199. The predicted octanol–water partition coefficient (Wildman–Crippen LogP) is 0.841. The lowest BCUT2D eigenvalue weighted by molar-refractivity contribution is 0.0374. The van der Waals surface area contributed by atoms with E-state index in [2.05, 4.69) is 41.5 Å². The van der Waals surface area contributed by atoms with Crippen molar-refractivity contribution in [1.29, 1.82) is 0 Å². The summed E-state index contributed by atoms with van der Waals surface area (Å²) in [6, 6.07) is 10.6. The van der Waals surface area contributed by atoms with Gasteiger partial charge in [0, 0.05) is 19.1 Å². The van der Waals surface area contributed by atoms with Crippen LogP contribution in [-0.2, 0) is 6.54 Å². The van der Waals surface area contributed by atoms with Crippen LogP contribution >= 0.6 is 0 Å². The van der Waals surface area contributed by atoms with Crippen LogP contribution in [0, 0.1) is 0 Å². The molecule has 2 rings (SSSR count). The minimum atomic E-state index is -0.199. The average Bonchev–Trinajstić information content (AvgIpc) is 2.31. The Morgan fingerprint density at radius 1 is 1.38 bits per heavy atom. The minimum Gasteiger partial charge on any atom is -0.391 e. The van der Waals surface area contributed by atoms with E-state index in [1.54, 1.807) is 0 Å². The van der Waals surface area contributed by atoms with Crippen LogP contribution in [0.25, 0.3) is 0 Å².